The first kappa shape index (κ1) is 19.2. The molecule has 3 nitrogen and oxygen atoms in total. The second-order valence-corrected chi connectivity index (χ2v) is 9.89. The molecular formula is C22H30NO2P. The van der Waals surface area contributed by atoms with Gasteiger partial charge < -0.3 is 9.61 Å². The van der Waals surface area contributed by atoms with Crippen molar-refractivity contribution in [1.82, 2.24) is 0 Å². The van der Waals surface area contributed by atoms with Crippen LogP contribution in [0.4, 0.5) is 5.69 Å². The summed E-state index contributed by atoms with van der Waals surface area (Å²) in [6.45, 7) is 6.76. The quantitative estimate of drug-likeness (QED) is 0.624. The van der Waals surface area contributed by atoms with Crippen molar-refractivity contribution >= 4 is 18.5 Å². The van der Waals surface area contributed by atoms with E-state index in [1.807, 2.05) is 60.7 Å². The molecule has 1 N–H and O–H groups in total. The first-order chi connectivity index (χ1) is 12.5. The van der Waals surface area contributed by atoms with E-state index < -0.39 is 7.52 Å². The highest BCUT2D eigenvalue weighted by atomic mass is 31.2. The molecule has 1 saturated carbocycles. The van der Waals surface area contributed by atoms with Crippen LogP contribution in [0.15, 0.2) is 60.7 Å². The Hall–Kier alpha value is -1.57. The third-order valence-electron chi connectivity index (χ3n) is 5.39. The average molecular weight is 371 g/mol. The van der Waals surface area contributed by atoms with Gasteiger partial charge in [0.25, 0.3) is 0 Å². The summed E-state index contributed by atoms with van der Waals surface area (Å²) in [6, 6.07) is 19.3. The minimum Gasteiger partial charge on any atom is -0.312 e. The van der Waals surface area contributed by atoms with Crippen molar-refractivity contribution in [3.8, 4) is 0 Å². The van der Waals surface area contributed by atoms with Gasteiger partial charge in [-0.1, -0.05) is 63.6 Å². The number of anilines is 1. The van der Waals surface area contributed by atoms with Crippen LogP contribution in [0.25, 0.3) is 0 Å². The van der Waals surface area contributed by atoms with E-state index in [-0.39, 0.29) is 6.10 Å². The Morgan fingerprint density at radius 3 is 2.23 bits per heavy atom. The van der Waals surface area contributed by atoms with Crippen LogP contribution in [0.2, 0.25) is 0 Å². The number of para-hydroxylation sites is 1. The Bertz CT molecular complexity index is 732. The van der Waals surface area contributed by atoms with Gasteiger partial charge >= 0.3 is 7.52 Å². The van der Waals surface area contributed by atoms with Gasteiger partial charge in [0.15, 0.2) is 0 Å². The molecular weight excluding hydrogens is 341 g/mol. The fourth-order valence-corrected chi connectivity index (χ4v) is 5.87. The second-order valence-electron chi connectivity index (χ2n) is 7.83. The Kier molecular flexibility index (Phi) is 6.21. The highest BCUT2D eigenvalue weighted by Crippen LogP contribution is 2.50. The third-order valence-corrected chi connectivity index (χ3v) is 7.49. The lowest BCUT2D eigenvalue weighted by Crippen LogP contribution is -2.35. The molecule has 0 heterocycles. The monoisotopic (exact) mass is 371 g/mol. The van der Waals surface area contributed by atoms with E-state index in [4.69, 9.17) is 4.52 Å². The van der Waals surface area contributed by atoms with Crippen LogP contribution in [0.1, 0.15) is 40.0 Å². The molecule has 26 heavy (non-hydrogen) atoms. The first-order valence-electron chi connectivity index (χ1n) is 9.65. The lowest BCUT2D eigenvalue weighted by atomic mass is 9.75. The van der Waals surface area contributed by atoms with Crippen LogP contribution in [-0.4, -0.2) is 6.10 Å². The predicted octanol–water partition coefficient (Wildman–Crippen LogP) is 6.09. The van der Waals surface area contributed by atoms with Gasteiger partial charge in [0.05, 0.1) is 11.4 Å². The van der Waals surface area contributed by atoms with Crippen molar-refractivity contribution in [2.75, 3.05) is 5.09 Å². The molecule has 0 saturated heterocycles. The molecule has 1 fully saturated rings. The lowest BCUT2D eigenvalue weighted by molar-refractivity contribution is 0.0506. The van der Waals surface area contributed by atoms with E-state index in [0.717, 1.165) is 23.8 Å². The van der Waals surface area contributed by atoms with Crippen molar-refractivity contribution in [1.29, 1.82) is 0 Å². The molecule has 4 atom stereocenters. The number of hydrogen-bond acceptors (Lipinski definition) is 2. The van der Waals surface area contributed by atoms with Crippen molar-refractivity contribution < 1.29 is 9.09 Å². The molecule has 2 aromatic carbocycles. The number of hydrogen-bond donors (Lipinski definition) is 1. The van der Waals surface area contributed by atoms with E-state index in [9.17, 15) is 4.57 Å². The van der Waals surface area contributed by atoms with Crippen LogP contribution in [0.5, 0.6) is 0 Å². The number of rotatable bonds is 6. The largest absolute Gasteiger partial charge is 0.324 e. The summed E-state index contributed by atoms with van der Waals surface area (Å²) >= 11 is 0. The summed E-state index contributed by atoms with van der Waals surface area (Å²) in [7, 11) is -3.22. The highest BCUT2D eigenvalue weighted by molar-refractivity contribution is 7.68. The van der Waals surface area contributed by atoms with E-state index in [1.165, 1.54) is 6.42 Å². The first-order valence-corrected chi connectivity index (χ1v) is 11.3. The molecule has 0 radical (unpaired) electrons. The Morgan fingerprint density at radius 1 is 1.00 bits per heavy atom. The van der Waals surface area contributed by atoms with Crippen LogP contribution >= 0.6 is 7.52 Å². The molecule has 0 aliphatic heterocycles. The fourth-order valence-electron chi connectivity index (χ4n) is 3.89. The molecule has 4 heteroatoms. The van der Waals surface area contributed by atoms with Gasteiger partial charge in [-0.2, -0.15) is 0 Å². The summed E-state index contributed by atoms with van der Waals surface area (Å²) < 4.78 is 20.5. The number of nitrogens with one attached hydrogen (secondary N) is 1. The summed E-state index contributed by atoms with van der Waals surface area (Å²) in [4.78, 5) is 0. The van der Waals surface area contributed by atoms with Gasteiger partial charge in [-0.15, -0.1) is 0 Å². The standard InChI is InChI=1S/C22H30NO2P/c1-17(2)21-15-14-18(3)16-22(21)25-26(24,20-12-8-5-9-13-20)23-19-10-6-4-7-11-19/h4-13,17-18,21-22H,14-16H2,1-3H3,(H,23,24)/t18-,21-,22+,26+/m1/s1. The zero-order valence-corrected chi connectivity index (χ0v) is 16.9. The lowest BCUT2D eigenvalue weighted by Gasteiger charge is -2.39. The van der Waals surface area contributed by atoms with Crippen LogP contribution in [0, 0.1) is 17.8 Å². The SMILES string of the molecule is CC(C)[C@H]1CC[C@@H](C)C[C@@H]1O[P@](=O)(Nc1ccccc1)c1ccccc1. The third kappa shape index (κ3) is 4.58. The molecule has 3 rings (SSSR count). The van der Waals surface area contributed by atoms with Crippen molar-refractivity contribution in [3.63, 3.8) is 0 Å². The minimum atomic E-state index is -3.22. The normalized spacial score (nSPS) is 25.6. The van der Waals surface area contributed by atoms with Crippen LogP contribution in [-0.2, 0) is 9.09 Å². The summed E-state index contributed by atoms with van der Waals surface area (Å²) in [5, 5.41) is 3.95. The maximum atomic E-state index is 14.0. The van der Waals surface area contributed by atoms with E-state index in [2.05, 4.69) is 25.9 Å². The van der Waals surface area contributed by atoms with Gasteiger partial charge in [0, 0.05) is 5.69 Å². The zero-order chi connectivity index (χ0) is 18.6. The number of benzene rings is 2. The Morgan fingerprint density at radius 2 is 1.62 bits per heavy atom. The fraction of sp³-hybridized carbons (Fsp3) is 0.455. The molecule has 140 valence electrons. The van der Waals surface area contributed by atoms with Gasteiger partial charge in [-0.05, 0) is 54.9 Å². The molecule has 2 aromatic rings. The predicted molar refractivity (Wildman–Crippen MR) is 110 cm³/mol. The summed E-state index contributed by atoms with van der Waals surface area (Å²) in [5.74, 6) is 1.57. The van der Waals surface area contributed by atoms with Gasteiger partial charge in [-0.3, -0.25) is 4.57 Å². The smallest absolute Gasteiger partial charge is 0.312 e. The van der Waals surface area contributed by atoms with Crippen molar-refractivity contribution in [2.45, 2.75) is 46.1 Å². The van der Waals surface area contributed by atoms with Gasteiger partial charge in [0.1, 0.15) is 0 Å². The Labute approximate surface area is 157 Å². The van der Waals surface area contributed by atoms with Crippen molar-refractivity contribution in [3.05, 3.63) is 60.7 Å². The molecule has 0 spiro atoms. The van der Waals surface area contributed by atoms with Gasteiger partial charge in [-0.25, -0.2) is 0 Å². The maximum Gasteiger partial charge on any atom is 0.324 e. The zero-order valence-electron chi connectivity index (χ0n) is 16.0. The molecule has 0 bridgehead atoms. The molecule has 0 unspecified atom stereocenters. The highest BCUT2D eigenvalue weighted by Gasteiger charge is 2.38. The molecule has 1 aliphatic rings. The van der Waals surface area contributed by atoms with E-state index >= 15 is 0 Å². The maximum absolute atomic E-state index is 14.0. The minimum absolute atomic E-state index is 0.0148. The molecule has 1 aliphatic carbocycles. The second kappa shape index (κ2) is 8.41. The summed E-state index contributed by atoms with van der Waals surface area (Å²) in [6.07, 6.45) is 3.35. The van der Waals surface area contributed by atoms with Crippen LogP contribution < -0.4 is 10.4 Å². The summed E-state index contributed by atoms with van der Waals surface area (Å²) in [5.41, 5.74) is 0.824. The van der Waals surface area contributed by atoms with Crippen molar-refractivity contribution in [2.24, 2.45) is 17.8 Å². The Balaban J connectivity index is 1.91. The molecule has 0 amide bonds. The topological polar surface area (TPSA) is 38.3 Å². The van der Waals surface area contributed by atoms with Crippen LogP contribution in [0.3, 0.4) is 0 Å². The van der Waals surface area contributed by atoms with E-state index in [0.29, 0.717) is 17.8 Å². The molecule has 0 aromatic heterocycles. The average Bonchev–Trinajstić information content (AvgIpc) is 2.63. The van der Waals surface area contributed by atoms with Gasteiger partial charge in [0.2, 0.25) is 0 Å². The van der Waals surface area contributed by atoms with E-state index in [1.54, 1.807) is 0 Å².